The first-order valence-electron chi connectivity index (χ1n) is 9.82. The average molecular weight is 392 g/mol. The molecule has 7 heteroatoms. The van der Waals surface area contributed by atoms with E-state index in [9.17, 15) is 14.7 Å². The molecule has 7 nitrogen and oxygen atoms in total. The van der Waals surface area contributed by atoms with E-state index in [1.807, 2.05) is 6.07 Å². The molecule has 29 heavy (non-hydrogen) atoms. The topological polar surface area (TPSA) is 97.1 Å². The van der Waals surface area contributed by atoms with Gasteiger partial charge < -0.3 is 10.4 Å². The number of amides is 1. The van der Waals surface area contributed by atoms with Crippen molar-refractivity contribution in [2.45, 2.75) is 44.6 Å². The third kappa shape index (κ3) is 3.37. The Hall–Kier alpha value is -3.22. The minimum absolute atomic E-state index is 0.207. The second kappa shape index (κ2) is 7.31. The number of nitrogens with zero attached hydrogens (tertiary/aromatic N) is 3. The molecule has 0 saturated heterocycles. The number of carbonyl (C=O) groups excluding carboxylic acids is 1. The Bertz CT molecular complexity index is 1150. The lowest BCUT2D eigenvalue weighted by molar-refractivity contribution is 0.0953. The molecule has 1 amide bonds. The van der Waals surface area contributed by atoms with Gasteiger partial charge in [-0.05, 0) is 43.0 Å². The molecule has 4 rings (SSSR count). The number of rotatable bonds is 4. The van der Waals surface area contributed by atoms with E-state index < -0.39 is 17.1 Å². The lowest BCUT2D eigenvalue weighted by Crippen LogP contribution is -2.34. The first kappa shape index (κ1) is 19.1. The van der Waals surface area contributed by atoms with E-state index in [1.54, 1.807) is 6.20 Å². The molecule has 0 bridgehead atoms. The summed E-state index contributed by atoms with van der Waals surface area (Å²) in [6.07, 6.45) is 7.22. The van der Waals surface area contributed by atoms with E-state index in [1.165, 1.54) is 23.5 Å². The molecule has 2 aromatic heterocycles. The van der Waals surface area contributed by atoms with E-state index >= 15 is 0 Å². The van der Waals surface area contributed by atoms with Gasteiger partial charge in [0, 0.05) is 24.0 Å². The number of benzene rings is 1. The minimum Gasteiger partial charge on any atom is -0.503 e. The molecule has 0 atom stereocenters. The maximum atomic E-state index is 12.1. The van der Waals surface area contributed by atoms with Crippen LogP contribution >= 0.6 is 0 Å². The number of nitrogens with one attached hydrogen (secondary N) is 1. The van der Waals surface area contributed by atoms with E-state index in [0.29, 0.717) is 6.54 Å². The Morgan fingerprint density at radius 2 is 2.07 bits per heavy atom. The third-order valence-electron chi connectivity index (χ3n) is 5.85. The van der Waals surface area contributed by atoms with Gasteiger partial charge >= 0.3 is 0 Å². The number of carbonyl (C=O) groups is 1. The smallest absolute Gasteiger partial charge is 0.275 e. The fourth-order valence-corrected chi connectivity index (χ4v) is 4.51. The summed E-state index contributed by atoms with van der Waals surface area (Å²) in [6.45, 7) is 2.53. The summed E-state index contributed by atoms with van der Waals surface area (Å²) in [6, 6.07) is 8.31. The number of aryl methyl sites for hydroxylation is 1. The molecule has 3 aromatic rings. The second-order valence-corrected chi connectivity index (χ2v) is 7.84. The van der Waals surface area contributed by atoms with Crippen LogP contribution in [0, 0.1) is 6.92 Å². The van der Waals surface area contributed by atoms with Crippen molar-refractivity contribution >= 4 is 16.8 Å². The molecule has 1 fully saturated rings. The molecular weight excluding hydrogens is 368 g/mol. The zero-order chi connectivity index (χ0) is 20.6. The van der Waals surface area contributed by atoms with Crippen molar-refractivity contribution in [3.8, 4) is 5.75 Å². The summed E-state index contributed by atoms with van der Waals surface area (Å²) in [7, 11) is 1.43. The van der Waals surface area contributed by atoms with Gasteiger partial charge in [0.2, 0.25) is 0 Å². The average Bonchev–Trinajstić information content (AvgIpc) is 3.18. The van der Waals surface area contributed by atoms with Crippen LogP contribution in [0.4, 0.5) is 0 Å². The van der Waals surface area contributed by atoms with E-state index in [2.05, 4.69) is 40.5 Å². The van der Waals surface area contributed by atoms with Gasteiger partial charge in [-0.15, -0.1) is 0 Å². The lowest BCUT2D eigenvalue weighted by Gasteiger charge is -2.32. The highest BCUT2D eigenvalue weighted by molar-refractivity contribution is 5.92. The van der Waals surface area contributed by atoms with Crippen molar-refractivity contribution in [1.29, 1.82) is 0 Å². The summed E-state index contributed by atoms with van der Waals surface area (Å²) in [4.78, 5) is 28.7. The van der Waals surface area contributed by atoms with Crippen LogP contribution in [0.3, 0.4) is 0 Å². The first-order valence-corrected chi connectivity index (χ1v) is 9.82. The standard InChI is InChI=1S/C22H24N4O3/c1-14-10-16(15-6-5-9-24-17(15)11-14)22(7-3-4-8-22)13-26-12-18(27)20(28)19(25-26)21(29)23-2/h5-6,9-12,27H,3-4,7-8,13H2,1-2H3,(H,23,29). The molecule has 1 aliphatic rings. The van der Waals surface area contributed by atoms with Crippen molar-refractivity contribution in [2.75, 3.05) is 7.05 Å². The summed E-state index contributed by atoms with van der Waals surface area (Å²) in [5, 5.41) is 17.9. The quantitative estimate of drug-likeness (QED) is 0.711. The number of aromatic nitrogens is 3. The van der Waals surface area contributed by atoms with E-state index in [0.717, 1.165) is 42.1 Å². The predicted octanol–water partition coefficient (Wildman–Crippen LogP) is 2.68. The van der Waals surface area contributed by atoms with Crippen LogP contribution in [0.25, 0.3) is 10.9 Å². The highest BCUT2D eigenvalue weighted by Gasteiger charge is 2.38. The van der Waals surface area contributed by atoms with Gasteiger partial charge in [-0.1, -0.05) is 25.0 Å². The first-order chi connectivity index (χ1) is 13.9. The molecule has 0 spiro atoms. The zero-order valence-electron chi connectivity index (χ0n) is 16.6. The second-order valence-electron chi connectivity index (χ2n) is 7.84. The molecule has 2 heterocycles. The molecule has 1 aromatic carbocycles. The number of fused-ring (bicyclic) bond motifs is 1. The van der Waals surface area contributed by atoms with Crippen LogP contribution in [0.15, 0.2) is 41.5 Å². The van der Waals surface area contributed by atoms with Crippen LogP contribution < -0.4 is 10.7 Å². The van der Waals surface area contributed by atoms with Gasteiger partial charge in [0.05, 0.1) is 18.3 Å². The van der Waals surface area contributed by atoms with Crippen LogP contribution in [0.2, 0.25) is 0 Å². The van der Waals surface area contributed by atoms with Crippen molar-refractivity contribution in [1.82, 2.24) is 20.1 Å². The fraction of sp³-hybridized carbons (Fsp3) is 0.364. The van der Waals surface area contributed by atoms with Gasteiger partial charge in [-0.3, -0.25) is 19.3 Å². The highest BCUT2D eigenvalue weighted by atomic mass is 16.3. The predicted molar refractivity (Wildman–Crippen MR) is 110 cm³/mol. The van der Waals surface area contributed by atoms with Crippen molar-refractivity contribution in [3.63, 3.8) is 0 Å². The monoisotopic (exact) mass is 392 g/mol. The van der Waals surface area contributed by atoms with Gasteiger partial charge in [0.15, 0.2) is 11.4 Å². The van der Waals surface area contributed by atoms with Gasteiger partial charge in [0.1, 0.15) is 0 Å². The summed E-state index contributed by atoms with van der Waals surface area (Å²) >= 11 is 0. The van der Waals surface area contributed by atoms with E-state index in [4.69, 9.17) is 0 Å². The molecule has 0 aliphatic heterocycles. The molecule has 2 N–H and O–H groups in total. The van der Waals surface area contributed by atoms with Gasteiger partial charge in [-0.2, -0.15) is 5.10 Å². The lowest BCUT2D eigenvalue weighted by atomic mass is 9.76. The molecule has 0 unspecified atom stereocenters. The molecule has 150 valence electrons. The van der Waals surface area contributed by atoms with Crippen molar-refractivity contribution < 1.29 is 9.90 Å². The summed E-state index contributed by atoms with van der Waals surface area (Å²) < 4.78 is 1.54. The number of hydrogen-bond donors (Lipinski definition) is 2. The van der Waals surface area contributed by atoms with E-state index in [-0.39, 0.29) is 11.1 Å². The normalized spacial score (nSPS) is 15.5. The van der Waals surface area contributed by atoms with Crippen LogP contribution in [0.5, 0.6) is 5.75 Å². The zero-order valence-corrected chi connectivity index (χ0v) is 16.6. The summed E-state index contributed by atoms with van der Waals surface area (Å²) in [5.41, 5.74) is 2.04. The Kier molecular flexibility index (Phi) is 4.82. The highest BCUT2D eigenvalue weighted by Crippen LogP contribution is 2.45. The number of aromatic hydroxyl groups is 1. The molecule has 1 aliphatic carbocycles. The Morgan fingerprint density at radius 1 is 1.31 bits per heavy atom. The van der Waals surface area contributed by atoms with Gasteiger partial charge in [-0.25, -0.2) is 0 Å². The maximum Gasteiger partial charge on any atom is 0.275 e. The van der Waals surface area contributed by atoms with Crippen LogP contribution in [-0.2, 0) is 12.0 Å². The van der Waals surface area contributed by atoms with Crippen LogP contribution in [0.1, 0.15) is 47.3 Å². The maximum absolute atomic E-state index is 12.1. The molecule has 1 saturated carbocycles. The fourth-order valence-electron chi connectivity index (χ4n) is 4.51. The number of pyridine rings is 1. The number of hydrogen-bond acceptors (Lipinski definition) is 5. The molecule has 0 radical (unpaired) electrons. The Balaban J connectivity index is 1.86. The minimum atomic E-state index is -0.758. The Labute approximate surface area is 168 Å². The van der Waals surface area contributed by atoms with Gasteiger partial charge in [0.25, 0.3) is 11.3 Å². The largest absolute Gasteiger partial charge is 0.503 e. The van der Waals surface area contributed by atoms with Crippen LogP contribution in [-0.4, -0.2) is 32.8 Å². The summed E-state index contributed by atoms with van der Waals surface area (Å²) in [5.74, 6) is -1.08. The third-order valence-corrected chi connectivity index (χ3v) is 5.85. The molecular formula is C22H24N4O3. The van der Waals surface area contributed by atoms with Crippen molar-refractivity contribution in [2.24, 2.45) is 0 Å². The SMILES string of the molecule is CNC(=O)c1nn(CC2(c3cc(C)cc4ncccc34)CCCC2)cc(O)c1=O. The van der Waals surface area contributed by atoms with Crippen molar-refractivity contribution in [3.05, 3.63) is 63.7 Å². The Morgan fingerprint density at radius 3 is 2.79 bits per heavy atom.